The van der Waals surface area contributed by atoms with Crippen LogP contribution in [0.5, 0.6) is 0 Å². The number of para-hydroxylation sites is 6. The molecule has 2 aliphatic rings. The smallest absolute Gasteiger partial charge is 0.342 e. The van der Waals surface area contributed by atoms with Crippen molar-refractivity contribution >= 4 is 119 Å². The van der Waals surface area contributed by atoms with Crippen molar-refractivity contribution in [3.8, 4) is 0 Å². The van der Waals surface area contributed by atoms with Crippen molar-refractivity contribution in [3.05, 3.63) is 180 Å². The minimum atomic E-state index is -0.418. The van der Waals surface area contributed by atoms with E-state index in [1.165, 1.54) is 5.56 Å². The molecule has 350 valence electrons. The molecule has 71 heavy (non-hydrogen) atoms. The fraction of sp³-hybridized carbons (Fsp3) is 0.206. The summed E-state index contributed by atoms with van der Waals surface area (Å²) < 4.78 is 28.6. The van der Waals surface area contributed by atoms with E-state index in [1.807, 2.05) is 12.5 Å². The second-order valence-corrected chi connectivity index (χ2v) is 21.6. The monoisotopic (exact) mass is 929 g/mol. The van der Waals surface area contributed by atoms with Gasteiger partial charge in [0.05, 0.1) is 28.4 Å². The lowest BCUT2D eigenvalue weighted by Gasteiger charge is -2.41. The molecular weight excluding hydrogens is 874 g/mol. The first kappa shape index (κ1) is 43.2. The van der Waals surface area contributed by atoms with Gasteiger partial charge in [0.25, 0.3) is 0 Å². The number of nitrogens with zero attached hydrogens (tertiary/aromatic N) is 3. The van der Waals surface area contributed by atoms with Gasteiger partial charge in [-0.3, -0.25) is 0 Å². The van der Waals surface area contributed by atoms with E-state index < -0.39 is 6.71 Å². The van der Waals surface area contributed by atoms with Crippen molar-refractivity contribution in [3.63, 3.8) is 0 Å². The van der Waals surface area contributed by atoms with Crippen LogP contribution in [-0.4, -0.2) is 6.71 Å². The van der Waals surface area contributed by atoms with Crippen molar-refractivity contribution in [2.45, 2.75) is 85.5 Å². The SMILES string of the molecule is CCCCc1cccc2c3c(oc12)B1c2oc4c(C)cccc4c2N(c2coc4c(C(C)(C)C)cccc24)c2cc(N(c4ccccc4)c4ccccc4)cc(c21)N3c1coc2c(C(C)(C)C)cccc12. The Bertz CT molecular complexity index is 3840. The van der Waals surface area contributed by atoms with E-state index in [0.29, 0.717) is 0 Å². The summed E-state index contributed by atoms with van der Waals surface area (Å²) in [5, 5.41) is 4.14. The molecule has 0 radical (unpaired) electrons. The van der Waals surface area contributed by atoms with Gasteiger partial charge in [0.2, 0.25) is 0 Å². The first-order valence-electron chi connectivity index (χ1n) is 25.2. The number of aryl methyl sites for hydroxylation is 2. The maximum Gasteiger partial charge on any atom is 0.342 e. The van der Waals surface area contributed by atoms with E-state index in [1.54, 1.807) is 0 Å². The standard InChI is InChI=1S/C63H56BN3O4/c1-9-10-22-39-23-18-31-46-55-61(71-57(39)46)64-53-49(66(54-45-30-17-21-38(2)56(45)70-60(54)64)51-36-68-58-43(51)28-19-32-47(58)62(3,4)5)34-42(65(40-24-13-11-14-25-40)41-26-15-12-16-27-41)35-50(53)67(55)52-37-69-59-44(52)29-20-33-48(59)63(6,7)8/h11-21,23-37H,9-10,22H2,1-8H3. The molecule has 0 spiro atoms. The van der Waals surface area contributed by atoms with E-state index in [9.17, 15) is 0 Å². The van der Waals surface area contributed by atoms with Gasteiger partial charge >= 0.3 is 6.71 Å². The third-order valence-electron chi connectivity index (χ3n) is 14.9. The number of benzene rings is 7. The number of rotatable bonds is 8. The second-order valence-electron chi connectivity index (χ2n) is 21.6. The molecule has 13 rings (SSSR count). The molecule has 0 N–H and O–H groups in total. The zero-order chi connectivity index (χ0) is 48.5. The average molecular weight is 930 g/mol. The molecule has 0 unspecified atom stereocenters. The molecule has 0 saturated carbocycles. The Morgan fingerprint density at radius 3 is 1.49 bits per heavy atom. The van der Waals surface area contributed by atoms with Crippen molar-refractivity contribution in [1.29, 1.82) is 0 Å². The second kappa shape index (κ2) is 15.8. The molecule has 0 atom stereocenters. The molecule has 0 saturated heterocycles. The molecular formula is C63H56BN3O4. The Labute approximate surface area is 415 Å². The quantitative estimate of drug-likeness (QED) is 0.141. The largest absolute Gasteiger partial charge is 0.468 e. The Balaban J connectivity index is 1.22. The predicted molar refractivity (Wildman–Crippen MR) is 295 cm³/mol. The summed E-state index contributed by atoms with van der Waals surface area (Å²) in [6.45, 7) is 17.5. The Morgan fingerprint density at radius 2 is 0.972 bits per heavy atom. The van der Waals surface area contributed by atoms with Crippen molar-refractivity contribution < 1.29 is 17.7 Å². The zero-order valence-corrected chi connectivity index (χ0v) is 41.7. The number of unbranched alkanes of at least 4 members (excludes halogenated alkanes) is 1. The number of anilines is 9. The molecule has 0 bridgehead atoms. The van der Waals surface area contributed by atoms with Gasteiger partial charge in [-0.1, -0.05) is 140 Å². The predicted octanol–water partition coefficient (Wildman–Crippen LogP) is 16.5. The molecule has 0 aliphatic carbocycles. The Morgan fingerprint density at radius 1 is 0.493 bits per heavy atom. The van der Waals surface area contributed by atoms with Gasteiger partial charge in [0.15, 0.2) is 0 Å². The van der Waals surface area contributed by atoms with Crippen LogP contribution in [0.15, 0.2) is 176 Å². The van der Waals surface area contributed by atoms with Gasteiger partial charge in [0.1, 0.15) is 46.2 Å². The topological polar surface area (TPSA) is 62.3 Å². The molecule has 8 heteroatoms. The summed E-state index contributed by atoms with van der Waals surface area (Å²) in [5.74, 6) is 0. The summed E-state index contributed by atoms with van der Waals surface area (Å²) in [7, 11) is 0. The van der Waals surface area contributed by atoms with Crippen LogP contribution in [0.25, 0.3) is 43.9 Å². The van der Waals surface area contributed by atoms with Gasteiger partial charge in [-0.15, -0.1) is 0 Å². The van der Waals surface area contributed by atoms with Gasteiger partial charge in [-0.2, -0.15) is 0 Å². The van der Waals surface area contributed by atoms with Crippen LogP contribution in [0.2, 0.25) is 0 Å². The number of fused-ring (bicyclic) bond motifs is 10. The van der Waals surface area contributed by atoms with Crippen molar-refractivity contribution in [2.24, 2.45) is 0 Å². The molecule has 11 aromatic rings. The minimum Gasteiger partial charge on any atom is -0.468 e. The van der Waals surface area contributed by atoms with E-state index in [2.05, 4.69) is 216 Å². The summed E-state index contributed by atoms with van der Waals surface area (Å²) in [6.07, 6.45) is 6.96. The van der Waals surface area contributed by atoms with Crippen LogP contribution in [0.3, 0.4) is 0 Å². The molecule has 2 aliphatic heterocycles. The van der Waals surface area contributed by atoms with Gasteiger partial charge in [-0.25, -0.2) is 0 Å². The Kier molecular flexibility index (Phi) is 9.64. The average Bonchev–Trinajstić information content (AvgIpc) is 4.18. The van der Waals surface area contributed by atoms with Gasteiger partial charge < -0.3 is 32.4 Å². The maximum atomic E-state index is 7.56. The lowest BCUT2D eigenvalue weighted by Crippen LogP contribution is -2.60. The summed E-state index contributed by atoms with van der Waals surface area (Å²) in [5.41, 5.74) is 19.5. The van der Waals surface area contributed by atoms with Gasteiger partial charge in [0, 0.05) is 55.4 Å². The summed E-state index contributed by atoms with van der Waals surface area (Å²) >= 11 is 0. The summed E-state index contributed by atoms with van der Waals surface area (Å²) in [6, 6.07) is 52.4. The van der Waals surface area contributed by atoms with Crippen LogP contribution < -0.4 is 31.5 Å². The van der Waals surface area contributed by atoms with E-state index in [-0.39, 0.29) is 10.8 Å². The fourth-order valence-corrected chi connectivity index (χ4v) is 11.6. The highest BCUT2D eigenvalue weighted by molar-refractivity contribution is 6.99. The number of furan rings is 4. The maximum absolute atomic E-state index is 7.56. The Hall–Kier alpha value is -7.84. The molecule has 7 aromatic carbocycles. The lowest BCUT2D eigenvalue weighted by molar-refractivity contribution is 0.558. The minimum absolute atomic E-state index is 0.161. The van der Waals surface area contributed by atoms with E-state index >= 15 is 0 Å². The highest BCUT2D eigenvalue weighted by Crippen LogP contribution is 2.54. The van der Waals surface area contributed by atoms with Crippen LogP contribution in [-0.2, 0) is 17.3 Å². The van der Waals surface area contributed by atoms with Crippen LogP contribution >= 0.6 is 0 Å². The first-order valence-corrected chi connectivity index (χ1v) is 25.2. The number of hydrogen-bond acceptors (Lipinski definition) is 7. The van der Waals surface area contributed by atoms with Crippen molar-refractivity contribution in [1.82, 2.24) is 0 Å². The van der Waals surface area contributed by atoms with Crippen LogP contribution in [0, 0.1) is 6.92 Å². The zero-order valence-electron chi connectivity index (χ0n) is 41.7. The third-order valence-corrected chi connectivity index (χ3v) is 14.9. The highest BCUT2D eigenvalue weighted by Gasteiger charge is 2.51. The number of hydrogen-bond donors (Lipinski definition) is 0. The molecule has 6 heterocycles. The van der Waals surface area contributed by atoms with Crippen LogP contribution in [0.1, 0.15) is 83.6 Å². The molecule has 0 fully saturated rings. The molecule has 4 aromatic heterocycles. The molecule has 0 amide bonds. The van der Waals surface area contributed by atoms with E-state index in [4.69, 9.17) is 17.7 Å². The third kappa shape index (κ3) is 6.49. The normalized spacial score (nSPS) is 13.4. The van der Waals surface area contributed by atoms with Gasteiger partial charge in [-0.05, 0) is 108 Å². The fourth-order valence-electron chi connectivity index (χ4n) is 11.6. The molecule has 7 nitrogen and oxygen atoms in total. The first-order chi connectivity index (χ1) is 34.4. The van der Waals surface area contributed by atoms with E-state index in [0.717, 1.165) is 148 Å². The lowest BCUT2D eigenvalue weighted by atomic mass is 9.37. The van der Waals surface area contributed by atoms with Crippen molar-refractivity contribution in [2.75, 3.05) is 14.7 Å². The highest BCUT2D eigenvalue weighted by atomic mass is 16.4. The van der Waals surface area contributed by atoms with Crippen LogP contribution in [0.4, 0.5) is 51.2 Å². The summed E-state index contributed by atoms with van der Waals surface area (Å²) in [4.78, 5) is 7.24.